The van der Waals surface area contributed by atoms with Crippen molar-refractivity contribution in [1.29, 1.82) is 0 Å². The molecule has 0 bridgehead atoms. The molecule has 0 saturated carbocycles. The molecule has 3 aromatic carbocycles. The minimum atomic E-state index is -3.84. The van der Waals surface area contributed by atoms with Gasteiger partial charge in [-0.3, -0.25) is 9.10 Å². The van der Waals surface area contributed by atoms with Crippen LogP contribution in [-0.4, -0.2) is 28.0 Å². The van der Waals surface area contributed by atoms with E-state index in [9.17, 15) is 13.2 Å². The molecule has 0 fully saturated rings. The van der Waals surface area contributed by atoms with Gasteiger partial charge in [-0.15, -0.1) is 0 Å². The van der Waals surface area contributed by atoms with E-state index >= 15 is 0 Å². The van der Waals surface area contributed by atoms with Gasteiger partial charge in [0.25, 0.3) is 15.9 Å². The summed E-state index contributed by atoms with van der Waals surface area (Å²) in [5.74, 6) is -0.209. The number of amides is 1. The molecule has 0 aliphatic carbocycles. The van der Waals surface area contributed by atoms with E-state index < -0.39 is 15.9 Å². The summed E-state index contributed by atoms with van der Waals surface area (Å²) in [6, 6.07) is 16.9. The van der Waals surface area contributed by atoms with Gasteiger partial charge in [0.05, 0.1) is 23.3 Å². The van der Waals surface area contributed by atoms with Crippen LogP contribution in [0.1, 0.15) is 21.5 Å². The first-order valence-corrected chi connectivity index (χ1v) is 11.5. The molecular formula is C23H21ClN2O4S. The molecule has 0 radical (unpaired) electrons. The molecule has 0 unspecified atom stereocenters. The molecule has 4 rings (SSSR count). The zero-order valence-corrected chi connectivity index (χ0v) is 18.6. The summed E-state index contributed by atoms with van der Waals surface area (Å²) < 4.78 is 33.4. The van der Waals surface area contributed by atoms with Crippen molar-refractivity contribution in [1.82, 2.24) is 0 Å². The molecule has 1 heterocycles. The Morgan fingerprint density at radius 1 is 1.10 bits per heavy atom. The maximum atomic E-state index is 13.4. The summed E-state index contributed by atoms with van der Waals surface area (Å²) in [6.07, 6.45) is 0.646. The lowest BCUT2D eigenvalue weighted by Crippen LogP contribution is -2.29. The van der Waals surface area contributed by atoms with Crippen LogP contribution in [0.5, 0.6) is 5.75 Å². The zero-order chi connectivity index (χ0) is 22.2. The largest absolute Gasteiger partial charge is 0.496 e. The first kappa shape index (κ1) is 21.2. The van der Waals surface area contributed by atoms with Gasteiger partial charge in [0.1, 0.15) is 5.75 Å². The number of carbonyl (C=O) groups is 1. The summed E-state index contributed by atoms with van der Waals surface area (Å²) in [5, 5.41) is 3.28. The molecule has 31 heavy (non-hydrogen) atoms. The molecule has 0 aromatic heterocycles. The molecule has 1 aliphatic heterocycles. The maximum absolute atomic E-state index is 13.4. The second-order valence-corrected chi connectivity index (χ2v) is 9.53. The average molecular weight is 457 g/mol. The first-order chi connectivity index (χ1) is 14.8. The van der Waals surface area contributed by atoms with E-state index in [1.165, 1.54) is 29.6 Å². The van der Waals surface area contributed by atoms with Gasteiger partial charge in [0.2, 0.25) is 0 Å². The van der Waals surface area contributed by atoms with Gasteiger partial charge >= 0.3 is 0 Å². The number of methoxy groups -OCH3 is 1. The fourth-order valence-corrected chi connectivity index (χ4v) is 5.33. The molecule has 160 valence electrons. The third kappa shape index (κ3) is 3.98. The molecule has 8 heteroatoms. The number of benzene rings is 3. The van der Waals surface area contributed by atoms with E-state index in [2.05, 4.69) is 5.32 Å². The van der Waals surface area contributed by atoms with Crippen molar-refractivity contribution < 1.29 is 17.9 Å². The van der Waals surface area contributed by atoms with E-state index in [-0.39, 0.29) is 16.2 Å². The van der Waals surface area contributed by atoms with Gasteiger partial charge in [-0.25, -0.2) is 8.42 Å². The number of anilines is 2. The second-order valence-electron chi connectivity index (χ2n) is 7.23. The van der Waals surface area contributed by atoms with Crippen LogP contribution < -0.4 is 14.4 Å². The summed E-state index contributed by atoms with van der Waals surface area (Å²) in [7, 11) is -2.41. The van der Waals surface area contributed by atoms with Gasteiger partial charge in [-0.05, 0) is 60.9 Å². The smallest absolute Gasteiger partial charge is 0.264 e. The highest BCUT2D eigenvalue weighted by Gasteiger charge is 2.31. The Morgan fingerprint density at radius 2 is 1.87 bits per heavy atom. The van der Waals surface area contributed by atoms with Crippen molar-refractivity contribution in [2.75, 3.05) is 23.3 Å². The maximum Gasteiger partial charge on any atom is 0.264 e. The monoisotopic (exact) mass is 456 g/mol. The number of ether oxygens (including phenoxy) is 1. The Hall–Kier alpha value is -3.03. The van der Waals surface area contributed by atoms with E-state index in [1.54, 1.807) is 24.3 Å². The zero-order valence-electron chi connectivity index (χ0n) is 17.1. The van der Waals surface area contributed by atoms with Crippen molar-refractivity contribution in [2.45, 2.75) is 18.2 Å². The van der Waals surface area contributed by atoms with E-state index in [0.29, 0.717) is 29.4 Å². The van der Waals surface area contributed by atoms with Crippen molar-refractivity contribution in [3.05, 3.63) is 82.4 Å². The SMILES string of the molecule is COc1ccc(S(=O)(=O)N2CCc3ccccc32)cc1C(=O)Nc1cc(Cl)ccc1C. The van der Waals surface area contributed by atoms with E-state index in [0.717, 1.165) is 11.1 Å². The lowest BCUT2D eigenvalue weighted by molar-refractivity contribution is 0.102. The lowest BCUT2D eigenvalue weighted by atomic mass is 10.1. The van der Waals surface area contributed by atoms with Crippen LogP contribution in [0.15, 0.2) is 65.6 Å². The minimum Gasteiger partial charge on any atom is -0.496 e. The van der Waals surface area contributed by atoms with Crippen LogP contribution >= 0.6 is 11.6 Å². The van der Waals surface area contributed by atoms with E-state index in [1.807, 2.05) is 25.1 Å². The normalized spacial score (nSPS) is 13.1. The Bertz CT molecular complexity index is 1270. The molecule has 3 aromatic rings. The summed E-state index contributed by atoms with van der Waals surface area (Å²) in [5.41, 5.74) is 3.14. The number of halogens is 1. The van der Waals surface area contributed by atoms with Crippen molar-refractivity contribution in [3.8, 4) is 5.75 Å². The Morgan fingerprint density at radius 3 is 2.65 bits per heavy atom. The topological polar surface area (TPSA) is 75.7 Å². The molecular weight excluding hydrogens is 436 g/mol. The van der Waals surface area contributed by atoms with Crippen LogP contribution in [0.25, 0.3) is 0 Å². The number of hydrogen-bond donors (Lipinski definition) is 1. The standard InChI is InChI=1S/C23H21ClN2O4S/c1-15-7-8-17(24)13-20(15)25-23(27)19-14-18(9-10-22(19)30-2)31(28,29)26-12-11-16-5-3-4-6-21(16)26/h3-10,13-14H,11-12H2,1-2H3,(H,25,27). The van der Waals surface area contributed by atoms with Gasteiger partial charge in [-0.1, -0.05) is 35.9 Å². The lowest BCUT2D eigenvalue weighted by Gasteiger charge is -2.20. The molecule has 1 amide bonds. The number of aryl methyl sites for hydroxylation is 1. The first-order valence-electron chi connectivity index (χ1n) is 9.67. The van der Waals surface area contributed by atoms with Crippen LogP contribution in [-0.2, 0) is 16.4 Å². The third-order valence-corrected chi connectivity index (χ3v) is 7.34. The molecule has 0 spiro atoms. The van der Waals surface area contributed by atoms with Crippen LogP contribution in [0.2, 0.25) is 5.02 Å². The molecule has 0 saturated heterocycles. The Labute approximate surface area is 186 Å². The van der Waals surface area contributed by atoms with E-state index in [4.69, 9.17) is 16.3 Å². The molecule has 6 nitrogen and oxygen atoms in total. The van der Waals surface area contributed by atoms with Gasteiger partial charge < -0.3 is 10.1 Å². The van der Waals surface area contributed by atoms with Gasteiger partial charge in [0, 0.05) is 17.3 Å². The Kier molecular flexibility index (Phi) is 5.64. The molecule has 0 atom stereocenters. The highest BCUT2D eigenvalue weighted by atomic mass is 35.5. The minimum absolute atomic E-state index is 0.0259. The van der Waals surface area contributed by atoms with Crippen molar-refractivity contribution in [3.63, 3.8) is 0 Å². The van der Waals surface area contributed by atoms with Crippen molar-refractivity contribution in [2.24, 2.45) is 0 Å². The predicted octanol–water partition coefficient (Wildman–Crippen LogP) is 4.66. The summed E-state index contributed by atoms with van der Waals surface area (Å²) in [4.78, 5) is 13.0. The highest BCUT2D eigenvalue weighted by molar-refractivity contribution is 7.92. The summed E-state index contributed by atoms with van der Waals surface area (Å²) >= 11 is 6.04. The predicted molar refractivity (Wildman–Crippen MR) is 122 cm³/mol. The number of rotatable bonds is 5. The number of fused-ring (bicyclic) bond motifs is 1. The highest BCUT2D eigenvalue weighted by Crippen LogP contribution is 2.34. The van der Waals surface area contributed by atoms with Crippen LogP contribution in [0.4, 0.5) is 11.4 Å². The quantitative estimate of drug-likeness (QED) is 0.605. The third-order valence-electron chi connectivity index (χ3n) is 5.30. The summed E-state index contributed by atoms with van der Waals surface area (Å²) in [6.45, 7) is 2.20. The fraction of sp³-hybridized carbons (Fsp3) is 0.174. The van der Waals surface area contributed by atoms with Crippen LogP contribution in [0.3, 0.4) is 0 Å². The molecule has 1 aliphatic rings. The molecule has 1 N–H and O–H groups in total. The number of para-hydroxylation sites is 1. The van der Waals surface area contributed by atoms with Gasteiger partial charge in [0.15, 0.2) is 0 Å². The average Bonchev–Trinajstić information content (AvgIpc) is 3.21. The number of hydrogen-bond acceptors (Lipinski definition) is 4. The van der Waals surface area contributed by atoms with Crippen LogP contribution in [0, 0.1) is 6.92 Å². The number of nitrogens with zero attached hydrogens (tertiary/aromatic N) is 1. The number of nitrogens with one attached hydrogen (secondary N) is 1. The fourth-order valence-electron chi connectivity index (χ4n) is 3.63. The van der Waals surface area contributed by atoms with Gasteiger partial charge in [-0.2, -0.15) is 0 Å². The number of carbonyl (C=O) groups excluding carboxylic acids is 1. The Balaban J connectivity index is 1.71. The van der Waals surface area contributed by atoms with Crippen molar-refractivity contribution >= 4 is 38.9 Å². The second kappa shape index (κ2) is 8.24. The number of sulfonamides is 1.